The molecular weight excluding hydrogens is 544 g/mol. The highest BCUT2D eigenvalue weighted by Gasteiger charge is 2.24. The summed E-state index contributed by atoms with van der Waals surface area (Å²) in [6, 6.07) is 0. The normalized spacial score (nSPS) is 21.4. The lowest BCUT2D eigenvalue weighted by atomic mass is 9.81. The Balaban J connectivity index is 0.000000437. The summed E-state index contributed by atoms with van der Waals surface area (Å²) in [6.45, 7) is 7.76. The molecule has 4 amide bonds. The fourth-order valence-corrected chi connectivity index (χ4v) is 5.19. The highest BCUT2D eigenvalue weighted by Crippen LogP contribution is 2.29. The Morgan fingerprint density at radius 1 is 0.548 bits per heavy atom. The van der Waals surface area contributed by atoms with Gasteiger partial charge in [-0.05, 0) is 81.5 Å². The largest absolute Gasteiger partial charge is 0.453 e. The van der Waals surface area contributed by atoms with Crippen molar-refractivity contribution < 1.29 is 38.1 Å². The molecule has 0 aliphatic heterocycles. The Labute approximate surface area is 252 Å². The zero-order valence-corrected chi connectivity index (χ0v) is 26.3. The van der Waals surface area contributed by atoms with Crippen molar-refractivity contribution >= 4 is 24.4 Å². The molecule has 2 rings (SSSR count). The van der Waals surface area contributed by atoms with E-state index in [1.165, 1.54) is 14.2 Å². The number of hydrogen-bond donors (Lipinski definition) is 4. The quantitative estimate of drug-likeness (QED) is 0.154. The van der Waals surface area contributed by atoms with Crippen LogP contribution in [0.2, 0.25) is 0 Å². The van der Waals surface area contributed by atoms with E-state index in [4.69, 9.17) is 9.47 Å². The second-order valence-corrected chi connectivity index (χ2v) is 11.3. The van der Waals surface area contributed by atoms with Gasteiger partial charge in [-0.3, -0.25) is 0 Å². The molecular formula is C30H56N4O8. The number of ether oxygens (including phenoxy) is 4. The highest BCUT2D eigenvalue weighted by molar-refractivity contribution is 5.68. The van der Waals surface area contributed by atoms with Crippen molar-refractivity contribution in [2.45, 2.75) is 90.9 Å². The van der Waals surface area contributed by atoms with Crippen LogP contribution in [0.5, 0.6) is 0 Å². The van der Waals surface area contributed by atoms with E-state index < -0.39 is 0 Å². The third kappa shape index (κ3) is 18.5. The number of hydrogen-bond acceptors (Lipinski definition) is 8. The molecule has 0 aromatic carbocycles. The smallest absolute Gasteiger partial charge is 0.407 e. The van der Waals surface area contributed by atoms with E-state index in [9.17, 15) is 19.2 Å². The zero-order chi connectivity index (χ0) is 31.0. The standard InChI is InChI=1S/C18H34N2O4.C12H22N2O4/c1-3-5-10-23-17(21)19-13-15-8-7-9-16(12-15)14-20-18(22)24-11-6-4-2;1-17-11(15)13-7-9-3-5-10(6-4-9)8-14-12(16)18-2/h15-16H,3-14H2,1-2H3,(H,19,21)(H,20,22);9-10H,3-8H2,1-2H3,(H,13,15)(H,14,16). The van der Waals surface area contributed by atoms with Crippen LogP contribution in [0.15, 0.2) is 0 Å². The number of carbonyl (C=O) groups is 4. The summed E-state index contributed by atoms with van der Waals surface area (Å²) in [5.74, 6) is 1.94. The van der Waals surface area contributed by atoms with Crippen LogP contribution in [0.25, 0.3) is 0 Å². The van der Waals surface area contributed by atoms with Gasteiger partial charge in [0.25, 0.3) is 0 Å². The van der Waals surface area contributed by atoms with Crippen molar-refractivity contribution in [1.29, 1.82) is 0 Å². The summed E-state index contributed by atoms with van der Waals surface area (Å²) in [7, 11) is 2.73. The number of rotatable bonds is 14. The molecule has 244 valence electrons. The van der Waals surface area contributed by atoms with E-state index >= 15 is 0 Å². The predicted molar refractivity (Wildman–Crippen MR) is 160 cm³/mol. The Morgan fingerprint density at radius 2 is 0.905 bits per heavy atom. The third-order valence-electron chi connectivity index (χ3n) is 7.83. The fourth-order valence-electron chi connectivity index (χ4n) is 5.19. The molecule has 12 heteroatoms. The maximum absolute atomic E-state index is 11.6. The van der Waals surface area contributed by atoms with Crippen molar-refractivity contribution in [2.75, 3.05) is 53.6 Å². The summed E-state index contributed by atoms with van der Waals surface area (Å²) in [4.78, 5) is 45.0. The van der Waals surface area contributed by atoms with Crippen LogP contribution in [-0.2, 0) is 18.9 Å². The van der Waals surface area contributed by atoms with Crippen LogP contribution in [0.4, 0.5) is 19.2 Å². The van der Waals surface area contributed by atoms with E-state index in [1.54, 1.807) is 0 Å². The first-order valence-electron chi connectivity index (χ1n) is 15.8. The van der Waals surface area contributed by atoms with E-state index in [1.807, 2.05) is 0 Å². The average molecular weight is 601 g/mol. The minimum atomic E-state index is -0.371. The molecule has 2 atom stereocenters. The average Bonchev–Trinajstić information content (AvgIpc) is 3.01. The van der Waals surface area contributed by atoms with E-state index in [-0.39, 0.29) is 24.4 Å². The monoisotopic (exact) mass is 600 g/mol. The van der Waals surface area contributed by atoms with E-state index in [0.717, 1.165) is 77.0 Å². The van der Waals surface area contributed by atoms with Gasteiger partial charge in [0, 0.05) is 26.2 Å². The lowest BCUT2D eigenvalue weighted by Gasteiger charge is -2.29. The Hall–Kier alpha value is -2.92. The van der Waals surface area contributed by atoms with Crippen LogP contribution < -0.4 is 21.3 Å². The van der Waals surface area contributed by atoms with Crippen molar-refractivity contribution in [1.82, 2.24) is 21.3 Å². The SMILES string of the molecule is CCCCOC(=O)NCC1CCCC(CNC(=O)OCCCC)C1.COC(=O)NCC1CCC(CNC(=O)OC)CC1. The first-order valence-corrected chi connectivity index (χ1v) is 15.8. The van der Waals surface area contributed by atoms with Crippen LogP contribution in [0.3, 0.4) is 0 Å². The fraction of sp³-hybridized carbons (Fsp3) is 0.867. The van der Waals surface area contributed by atoms with Gasteiger partial charge >= 0.3 is 24.4 Å². The molecule has 42 heavy (non-hydrogen) atoms. The summed E-state index contributed by atoms with van der Waals surface area (Å²) in [5, 5.41) is 11.2. The van der Waals surface area contributed by atoms with Gasteiger partial charge < -0.3 is 40.2 Å². The Kier molecular flexibility index (Phi) is 20.9. The maximum Gasteiger partial charge on any atom is 0.407 e. The Morgan fingerprint density at radius 3 is 1.26 bits per heavy atom. The molecule has 2 unspecified atom stereocenters. The van der Waals surface area contributed by atoms with E-state index in [2.05, 4.69) is 44.6 Å². The molecule has 2 aliphatic rings. The molecule has 0 aromatic rings. The number of amides is 4. The number of alkyl carbamates (subject to hydrolysis) is 4. The van der Waals surface area contributed by atoms with Gasteiger partial charge in [-0.25, -0.2) is 19.2 Å². The summed E-state index contributed by atoms with van der Waals surface area (Å²) >= 11 is 0. The number of carbonyl (C=O) groups excluding carboxylic acids is 4. The van der Waals surface area contributed by atoms with Crippen LogP contribution in [0.1, 0.15) is 90.9 Å². The first kappa shape index (κ1) is 37.1. The molecule has 4 N–H and O–H groups in total. The van der Waals surface area contributed by atoms with E-state index in [0.29, 0.717) is 63.1 Å². The van der Waals surface area contributed by atoms with Crippen molar-refractivity contribution in [2.24, 2.45) is 23.7 Å². The van der Waals surface area contributed by atoms with Gasteiger partial charge in [-0.1, -0.05) is 33.1 Å². The molecule has 12 nitrogen and oxygen atoms in total. The van der Waals surface area contributed by atoms with Crippen molar-refractivity contribution in [3.05, 3.63) is 0 Å². The minimum Gasteiger partial charge on any atom is -0.453 e. The second-order valence-electron chi connectivity index (χ2n) is 11.3. The van der Waals surface area contributed by atoms with Crippen LogP contribution >= 0.6 is 0 Å². The molecule has 2 saturated carbocycles. The first-order chi connectivity index (χ1) is 20.3. The van der Waals surface area contributed by atoms with Crippen LogP contribution in [-0.4, -0.2) is 78.0 Å². The van der Waals surface area contributed by atoms with Gasteiger partial charge in [0.1, 0.15) is 0 Å². The minimum absolute atomic E-state index is 0.316. The number of methoxy groups -OCH3 is 2. The number of nitrogens with one attached hydrogen (secondary N) is 4. The molecule has 2 aliphatic carbocycles. The van der Waals surface area contributed by atoms with Gasteiger partial charge in [-0.2, -0.15) is 0 Å². The molecule has 0 aromatic heterocycles. The zero-order valence-electron chi connectivity index (χ0n) is 26.3. The molecule has 0 heterocycles. The maximum atomic E-state index is 11.6. The van der Waals surface area contributed by atoms with Crippen molar-refractivity contribution in [3.8, 4) is 0 Å². The lowest BCUT2D eigenvalue weighted by molar-refractivity contribution is 0.137. The number of unbranched alkanes of at least 4 members (excludes halogenated alkanes) is 2. The molecule has 0 radical (unpaired) electrons. The Bertz CT molecular complexity index is 702. The van der Waals surface area contributed by atoms with Gasteiger partial charge in [-0.15, -0.1) is 0 Å². The lowest BCUT2D eigenvalue weighted by Crippen LogP contribution is -2.36. The van der Waals surface area contributed by atoms with Crippen LogP contribution in [0, 0.1) is 23.7 Å². The summed E-state index contributed by atoms with van der Waals surface area (Å²) in [5.41, 5.74) is 0. The topological polar surface area (TPSA) is 153 Å². The van der Waals surface area contributed by atoms with Gasteiger partial charge in [0.2, 0.25) is 0 Å². The molecule has 0 saturated heterocycles. The molecule has 0 bridgehead atoms. The molecule has 2 fully saturated rings. The molecule has 0 spiro atoms. The van der Waals surface area contributed by atoms with Crippen molar-refractivity contribution in [3.63, 3.8) is 0 Å². The van der Waals surface area contributed by atoms with Gasteiger partial charge in [0.15, 0.2) is 0 Å². The summed E-state index contributed by atoms with van der Waals surface area (Å²) in [6.07, 6.45) is 11.1. The van der Waals surface area contributed by atoms with Gasteiger partial charge in [0.05, 0.1) is 27.4 Å². The summed E-state index contributed by atoms with van der Waals surface area (Å²) < 4.78 is 19.3. The highest BCUT2D eigenvalue weighted by atomic mass is 16.6. The third-order valence-corrected chi connectivity index (χ3v) is 7.83. The predicted octanol–water partition coefficient (Wildman–Crippen LogP) is 5.35. The second kappa shape index (κ2) is 23.6.